The molecule has 0 amide bonds. The zero-order valence-electron chi connectivity index (χ0n) is 8.98. The van der Waals surface area contributed by atoms with Crippen LogP contribution in [0.3, 0.4) is 0 Å². The lowest BCUT2D eigenvalue weighted by Crippen LogP contribution is -2.01. The topological polar surface area (TPSA) is 33.4 Å². The molecule has 2 rings (SSSR count). The summed E-state index contributed by atoms with van der Waals surface area (Å²) < 4.78 is 5.16. The van der Waals surface area contributed by atoms with Crippen LogP contribution in [0.25, 0.3) is 0 Å². The molecule has 0 radical (unpaired) electrons. The Morgan fingerprint density at radius 1 is 1.38 bits per heavy atom. The summed E-state index contributed by atoms with van der Waals surface area (Å²) >= 11 is 5.88. The van der Waals surface area contributed by atoms with Gasteiger partial charge >= 0.3 is 0 Å². The van der Waals surface area contributed by atoms with Crippen molar-refractivity contribution in [3.05, 3.63) is 58.5 Å². The molecule has 0 fully saturated rings. The summed E-state index contributed by atoms with van der Waals surface area (Å²) in [6, 6.07) is 9.31. The maximum atomic E-state index is 10.0. The fraction of sp³-hybridized carbons (Fsp3) is 0.231. The van der Waals surface area contributed by atoms with Gasteiger partial charge in [-0.1, -0.05) is 23.7 Å². The summed E-state index contributed by atoms with van der Waals surface area (Å²) in [5.74, 6) is 0.759. The molecular formula is C13H13ClO2. The second-order valence-electron chi connectivity index (χ2n) is 3.78. The molecule has 0 bridgehead atoms. The third kappa shape index (κ3) is 2.46. The van der Waals surface area contributed by atoms with Crippen molar-refractivity contribution in [3.8, 4) is 0 Å². The average molecular weight is 237 g/mol. The predicted octanol–water partition coefficient (Wildman–Crippen LogP) is 3.52. The van der Waals surface area contributed by atoms with Gasteiger partial charge in [0.1, 0.15) is 5.76 Å². The molecule has 1 aromatic heterocycles. The highest BCUT2D eigenvalue weighted by Crippen LogP contribution is 2.23. The standard InChI is InChI=1S/C13H13ClO2/c1-9-12(5-6-16-9)13(15)8-10-3-2-4-11(14)7-10/h2-7,13,15H,8H2,1H3. The van der Waals surface area contributed by atoms with Gasteiger partial charge in [-0.3, -0.25) is 0 Å². The number of halogens is 1. The molecule has 0 spiro atoms. The zero-order chi connectivity index (χ0) is 11.5. The van der Waals surface area contributed by atoms with E-state index >= 15 is 0 Å². The number of furan rings is 1. The number of benzene rings is 1. The van der Waals surface area contributed by atoms with Crippen LogP contribution in [-0.2, 0) is 6.42 Å². The maximum absolute atomic E-state index is 10.0. The largest absolute Gasteiger partial charge is 0.469 e. The smallest absolute Gasteiger partial charge is 0.106 e. The first kappa shape index (κ1) is 11.2. The third-order valence-electron chi connectivity index (χ3n) is 2.58. The summed E-state index contributed by atoms with van der Waals surface area (Å²) in [6.45, 7) is 1.84. The van der Waals surface area contributed by atoms with E-state index < -0.39 is 6.10 Å². The van der Waals surface area contributed by atoms with Crippen molar-refractivity contribution in [2.45, 2.75) is 19.4 Å². The second kappa shape index (κ2) is 4.73. The van der Waals surface area contributed by atoms with Gasteiger partial charge in [0.25, 0.3) is 0 Å². The SMILES string of the molecule is Cc1occc1C(O)Cc1cccc(Cl)c1. The van der Waals surface area contributed by atoms with Crippen molar-refractivity contribution in [2.75, 3.05) is 0 Å². The minimum atomic E-state index is -0.544. The van der Waals surface area contributed by atoms with Gasteiger partial charge in [0.05, 0.1) is 12.4 Å². The Bertz CT molecular complexity index is 476. The van der Waals surface area contributed by atoms with E-state index in [1.54, 1.807) is 12.3 Å². The fourth-order valence-corrected chi connectivity index (χ4v) is 1.95. The van der Waals surface area contributed by atoms with Crippen LogP contribution in [0, 0.1) is 6.92 Å². The molecule has 3 heteroatoms. The second-order valence-corrected chi connectivity index (χ2v) is 4.22. The quantitative estimate of drug-likeness (QED) is 0.885. The third-order valence-corrected chi connectivity index (χ3v) is 2.81. The lowest BCUT2D eigenvalue weighted by Gasteiger charge is -2.09. The van der Waals surface area contributed by atoms with Crippen LogP contribution in [-0.4, -0.2) is 5.11 Å². The predicted molar refractivity (Wildman–Crippen MR) is 63.6 cm³/mol. The van der Waals surface area contributed by atoms with Gasteiger partial charge in [-0.2, -0.15) is 0 Å². The molecule has 0 aliphatic heterocycles. The number of rotatable bonds is 3. The van der Waals surface area contributed by atoms with Gasteiger partial charge in [0, 0.05) is 17.0 Å². The van der Waals surface area contributed by atoms with E-state index in [1.165, 1.54) is 0 Å². The summed E-state index contributed by atoms with van der Waals surface area (Å²) in [6.07, 6.45) is 1.59. The van der Waals surface area contributed by atoms with E-state index in [4.69, 9.17) is 16.0 Å². The van der Waals surface area contributed by atoms with E-state index in [-0.39, 0.29) is 0 Å². The number of aliphatic hydroxyl groups is 1. The van der Waals surface area contributed by atoms with E-state index in [2.05, 4.69) is 0 Å². The van der Waals surface area contributed by atoms with Gasteiger partial charge in [0.15, 0.2) is 0 Å². The minimum absolute atomic E-state index is 0.543. The van der Waals surface area contributed by atoms with Crippen molar-refractivity contribution >= 4 is 11.6 Å². The van der Waals surface area contributed by atoms with Crippen LogP contribution in [0.1, 0.15) is 23.0 Å². The van der Waals surface area contributed by atoms with Crippen LogP contribution in [0.4, 0.5) is 0 Å². The molecule has 2 aromatic rings. The normalized spacial score (nSPS) is 12.7. The zero-order valence-corrected chi connectivity index (χ0v) is 9.74. The van der Waals surface area contributed by atoms with Gasteiger partial charge in [-0.05, 0) is 30.7 Å². The maximum Gasteiger partial charge on any atom is 0.106 e. The number of hydrogen-bond donors (Lipinski definition) is 1. The Balaban J connectivity index is 2.14. The Morgan fingerprint density at radius 2 is 2.19 bits per heavy atom. The van der Waals surface area contributed by atoms with E-state index in [0.717, 1.165) is 16.9 Å². The van der Waals surface area contributed by atoms with Crippen LogP contribution in [0.15, 0.2) is 41.0 Å². The van der Waals surface area contributed by atoms with Crippen molar-refractivity contribution in [1.29, 1.82) is 0 Å². The van der Waals surface area contributed by atoms with Crippen LogP contribution < -0.4 is 0 Å². The molecule has 0 saturated heterocycles. The van der Waals surface area contributed by atoms with Crippen molar-refractivity contribution in [2.24, 2.45) is 0 Å². The average Bonchev–Trinajstić information content (AvgIpc) is 2.64. The van der Waals surface area contributed by atoms with Gasteiger partial charge in [-0.25, -0.2) is 0 Å². The fourth-order valence-electron chi connectivity index (χ4n) is 1.74. The summed E-state index contributed by atoms with van der Waals surface area (Å²) in [5, 5.41) is 10.7. The molecule has 16 heavy (non-hydrogen) atoms. The Kier molecular flexibility index (Phi) is 3.32. The summed E-state index contributed by atoms with van der Waals surface area (Å²) in [7, 11) is 0. The lowest BCUT2D eigenvalue weighted by molar-refractivity contribution is 0.176. The molecule has 1 N–H and O–H groups in total. The highest BCUT2D eigenvalue weighted by atomic mass is 35.5. The van der Waals surface area contributed by atoms with Crippen molar-refractivity contribution in [1.82, 2.24) is 0 Å². The first-order valence-electron chi connectivity index (χ1n) is 5.13. The van der Waals surface area contributed by atoms with Crippen LogP contribution in [0.2, 0.25) is 5.02 Å². The molecule has 1 aromatic carbocycles. The molecule has 2 nitrogen and oxygen atoms in total. The highest BCUT2D eigenvalue weighted by molar-refractivity contribution is 6.30. The molecule has 0 aliphatic carbocycles. The van der Waals surface area contributed by atoms with Crippen molar-refractivity contribution in [3.63, 3.8) is 0 Å². The van der Waals surface area contributed by atoms with Gasteiger partial charge in [-0.15, -0.1) is 0 Å². The molecular weight excluding hydrogens is 224 g/mol. The lowest BCUT2D eigenvalue weighted by atomic mass is 10.0. The first-order chi connectivity index (χ1) is 7.66. The number of aliphatic hydroxyl groups excluding tert-OH is 1. The minimum Gasteiger partial charge on any atom is -0.469 e. The Hall–Kier alpha value is -1.25. The summed E-state index contributed by atoms with van der Waals surface area (Å²) in [5.41, 5.74) is 1.85. The van der Waals surface area contributed by atoms with Crippen molar-refractivity contribution < 1.29 is 9.52 Å². The van der Waals surface area contributed by atoms with E-state index in [9.17, 15) is 5.11 Å². The van der Waals surface area contributed by atoms with Gasteiger partial charge in [0.2, 0.25) is 0 Å². The summed E-state index contributed by atoms with van der Waals surface area (Å²) in [4.78, 5) is 0. The first-order valence-corrected chi connectivity index (χ1v) is 5.51. The van der Waals surface area contributed by atoms with Gasteiger partial charge < -0.3 is 9.52 Å². The van der Waals surface area contributed by atoms with Crippen LogP contribution >= 0.6 is 11.6 Å². The molecule has 1 atom stereocenters. The molecule has 0 saturated carbocycles. The number of aryl methyl sites for hydroxylation is 1. The monoisotopic (exact) mass is 236 g/mol. The molecule has 1 heterocycles. The highest BCUT2D eigenvalue weighted by Gasteiger charge is 2.13. The number of hydrogen-bond acceptors (Lipinski definition) is 2. The molecule has 1 unspecified atom stereocenters. The Morgan fingerprint density at radius 3 is 2.81 bits per heavy atom. The van der Waals surface area contributed by atoms with E-state index in [1.807, 2.05) is 31.2 Å². The van der Waals surface area contributed by atoms with Crippen LogP contribution in [0.5, 0.6) is 0 Å². The molecule has 84 valence electrons. The molecule has 0 aliphatic rings. The van der Waals surface area contributed by atoms with E-state index in [0.29, 0.717) is 11.4 Å². The Labute approximate surface area is 99.5 Å².